The van der Waals surface area contributed by atoms with Gasteiger partial charge in [0.05, 0.1) is 6.61 Å². The summed E-state index contributed by atoms with van der Waals surface area (Å²) in [6.45, 7) is 0.818. The van der Waals surface area contributed by atoms with E-state index in [1.807, 2.05) is 0 Å². The topological polar surface area (TPSA) is 12.5 Å². The molecule has 0 aromatic heterocycles. The van der Waals surface area contributed by atoms with Crippen LogP contribution in [0.3, 0.4) is 0 Å². The van der Waals surface area contributed by atoms with E-state index < -0.39 is 0 Å². The lowest BCUT2D eigenvalue weighted by atomic mass is 10.1. The van der Waals surface area contributed by atoms with E-state index >= 15 is 0 Å². The molecule has 0 atom stereocenters. The zero-order valence-corrected chi connectivity index (χ0v) is 11.8. The molecule has 20 heavy (non-hydrogen) atoms. The van der Waals surface area contributed by atoms with Gasteiger partial charge < -0.3 is 9.64 Å². The largest absolute Gasteiger partial charge is 0.493 e. The smallest absolute Gasteiger partial charge is 0.124 e. The van der Waals surface area contributed by atoms with Crippen molar-refractivity contribution in [1.29, 1.82) is 0 Å². The van der Waals surface area contributed by atoms with Crippen LogP contribution in [0.5, 0.6) is 5.75 Å². The van der Waals surface area contributed by atoms with Crippen LogP contribution in [0.15, 0.2) is 42.5 Å². The van der Waals surface area contributed by atoms with E-state index in [-0.39, 0.29) is 0 Å². The van der Waals surface area contributed by atoms with Crippen LogP contribution in [0.2, 0.25) is 0 Å². The Morgan fingerprint density at radius 2 is 1.75 bits per heavy atom. The second-order valence-corrected chi connectivity index (χ2v) is 5.82. The molecular weight excluding hydrogens is 246 g/mol. The van der Waals surface area contributed by atoms with Gasteiger partial charge in [0.2, 0.25) is 0 Å². The van der Waals surface area contributed by atoms with Crippen molar-refractivity contribution in [1.82, 2.24) is 0 Å². The molecule has 2 aliphatic rings. The number of benzene rings is 2. The molecule has 1 heterocycles. The second kappa shape index (κ2) is 4.55. The van der Waals surface area contributed by atoms with E-state index in [2.05, 4.69) is 54.4 Å². The van der Waals surface area contributed by atoms with Gasteiger partial charge >= 0.3 is 0 Å². The van der Waals surface area contributed by atoms with Crippen LogP contribution in [0.25, 0.3) is 0 Å². The second-order valence-electron chi connectivity index (χ2n) is 5.82. The SMILES string of the molecule is CN(c1ccc(C2CC2)cc1)c1ccc2c(c1)OCC2. The summed E-state index contributed by atoms with van der Waals surface area (Å²) >= 11 is 0. The van der Waals surface area contributed by atoms with Crippen molar-refractivity contribution in [2.24, 2.45) is 0 Å². The van der Waals surface area contributed by atoms with Gasteiger partial charge in [-0.1, -0.05) is 18.2 Å². The average molecular weight is 265 g/mol. The molecule has 2 aromatic carbocycles. The van der Waals surface area contributed by atoms with Crippen LogP contribution in [0.1, 0.15) is 29.9 Å². The predicted octanol–water partition coefficient (Wildman–Crippen LogP) is 4.27. The van der Waals surface area contributed by atoms with Gasteiger partial charge in [0.25, 0.3) is 0 Å². The molecule has 102 valence electrons. The third kappa shape index (κ3) is 2.05. The molecular formula is C18H19NO. The van der Waals surface area contributed by atoms with Crippen LogP contribution in [-0.4, -0.2) is 13.7 Å². The van der Waals surface area contributed by atoms with E-state index in [1.54, 1.807) is 0 Å². The zero-order valence-electron chi connectivity index (χ0n) is 11.8. The quantitative estimate of drug-likeness (QED) is 0.822. The summed E-state index contributed by atoms with van der Waals surface area (Å²) < 4.78 is 5.66. The van der Waals surface area contributed by atoms with Gasteiger partial charge in [0.1, 0.15) is 5.75 Å². The van der Waals surface area contributed by atoms with Crippen LogP contribution < -0.4 is 9.64 Å². The molecule has 0 spiro atoms. The number of anilines is 2. The molecule has 2 nitrogen and oxygen atoms in total. The van der Waals surface area contributed by atoms with E-state index in [0.29, 0.717) is 0 Å². The molecule has 2 aromatic rings. The Morgan fingerprint density at radius 1 is 1.00 bits per heavy atom. The highest BCUT2D eigenvalue weighted by atomic mass is 16.5. The van der Waals surface area contributed by atoms with Gasteiger partial charge in [-0.25, -0.2) is 0 Å². The number of hydrogen-bond acceptors (Lipinski definition) is 2. The fourth-order valence-corrected chi connectivity index (χ4v) is 2.90. The molecule has 0 saturated heterocycles. The molecule has 1 fully saturated rings. The van der Waals surface area contributed by atoms with Gasteiger partial charge in [-0.05, 0) is 48.1 Å². The lowest BCUT2D eigenvalue weighted by Crippen LogP contribution is -2.09. The number of fused-ring (bicyclic) bond motifs is 1. The van der Waals surface area contributed by atoms with Crippen molar-refractivity contribution in [3.8, 4) is 5.75 Å². The van der Waals surface area contributed by atoms with Crippen molar-refractivity contribution in [3.05, 3.63) is 53.6 Å². The number of hydrogen-bond donors (Lipinski definition) is 0. The Balaban J connectivity index is 1.60. The van der Waals surface area contributed by atoms with Gasteiger partial charge in [-0.2, -0.15) is 0 Å². The van der Waals surface area contributed by atoms with Gasteiger partial charge in [-0.15, -0.1) is 0 Å². The standard InChI is InChI=1S/C18H19NO/c1-19(16-7-4-14(5-8-16)13-2-3-13)17-9-6-15-10-11-20-18(15)12-17/h4-9,12-13H,2-3,10-11H2,1H3. The van der Waals surface area contributed by atoms with Crippen molar-refractivity contribution >= 4 is 11.4 Å². The summed E-state index contributed by atoms with van der Waals surface area (Å²) in [5.74, 6) is 1.87. The number of nitrogens with zero attached hydrogens (tertiary/aromatic N) is 1. The summed E-state index contributed by atoms with van der Waals surface area (Å²) in [7, 11) is 2.11. The lowest BCUT2D eigenvalue weighted by molar-refractivity contribution is 0.357. The monoisotopic (exact) mass is 265 g/mol. The normalized spacial score (nSPS) is 16.6. The fraction of sp³-hybridized carbons (Fsp3) is 0.333. The summed E-state index contributed by atoms with van der Waals surface area (Å²) in [4.78, 5) is 2.22. The molecule has 1 aliphatic heterocycles. The average Bonchev–Trinajstić information content (AvgIpc) is 3.24. The van der Waals surface area contributed by atoms with Gasteiger partial charge in [0.15, 0.2) is 0 Å². The predicted molar refractivity (Wildman–Crippen MR) is 82.1 cm³/mol. The first-order valence-electron chi connectivity index (χ1n) is 7.41. The first-order valence-corrected chi connectivity index (χ1v) is 7.41. The maximum atomic E-state index is 5.66. The summed E-state index contributed by atoms with van der Waals surface area (Å²) in [6.07, 6.45) is 3.75. The minimum absolute atomic E-state index is 0.818. The highest BCUT2D eigenvalue weighted by Crippen LogP contribution is 2.41. The number of rotatable bonds is 3. The van der Waals surface area contributed by atoms with Crippen LogP contribution in [0.4, 0.5) is 11.4 Å². The van der Waals surface area contributed by atoms with E-state index in [0.717, 1.165) is 24.7 Å². The maximum absolute atomic E-state index is 5.66. The highest BCUT2D eigenvalue weighted by molar-refractivity contribution is 5.65. The zero-order chi connectivity index (χ0) is 13.5. The van der Waals surface area contributed by atoms with Crippen LogP contribution >= 0.6 is 0 Å². The Kier molecular flexibility index (Phi) is 2.69. The van der Waals surface area contributed by atoms with Gasteiger partial charge in [0, 0.05) is 30.9 Å². The maximum Gasteiger partial charge on any atom is 0.124 e. The summed E-state index contributed by atoms with van der Waals surface area (Å²) in [5, 5.41) is 0. The number of ether oxygens (including phenoxy) is 1. The first-order chi connectivity index (χ1) is 9.81. The first kappa shape index (κ1) is 11.8. The van der Waals surface area contributed by atoms with Crippen molar-refractivity contribution < 1.29 is 4.74 Å². The molecule has 1 aliphatic carbocycles. The molecule has 4 rings (SSSR count). The van der Waals surface area contributed by atoms with E-state index in [9.17, 15) is 0 Å². The Bertz CT molecular complexity index is 628. The van der Waals surface area contributed by atoms with Gasteiger partial charge in [-0.3, -0.25) is 0 Å². The molecule has 0 N–H and O–H groups in total. The fourth-order valence-electron chi connectivity index (χ4n) is 2.90. The third-order valence-electron chi connectivity index (χ3n) is 4.40. The molecule has 0 radical (unpaired) electrons. The molecule has 0 bridgehead atoms. The minimum atomic E-state index is 0.818. The molecule has 0 unspecified atom stereocenters. The Labute approximate surface area is 120 Å². The van der Waals surface area contributed by atoms with Crippen LogP contribution in [-0.2, 0) is 6.42 Å². The van der Waals surface area contributed by atoms with Crippen LogP contribution in [0, 0.1) is 0 Å². The van der Waals surface area contributed by atoms with Crippen molar-refractivity contribution in [3.63, 3.8) is 0 Å². The molecule has 1 saturated carbocycles. The lowest BCUT2D eigenvalue weighted by Gasteiger charge is -2.20. The van der Waals surface area contributed by atoms with E-state index in [1.165, 1.54) is 35.3 Å². The van der Waals surface area contributed by atoms with Crippen molar-refractivity contribution in [2.45, 2.75) is 25.2 Å². The molecule has 2 heteroatoms. The molecule has 0 amide bonds. The summed E-state index contributed by atoms with van der Waals surface area (Å²) in [5.41, 5.74) is 5.22. The Morgan fingerprint density at radius 3 is 2.50 bits per heavy atom. The Hall–Kier alpha value is -1.96. The third-order valence-corrected chi connectivity index (χ3v) is 4.40. The summed E-state index contributed by atoms with van der Waals surface area (Å²) in [6, 6.07) is 15.5. The highest BCUT2D eigenvalue weighted by Gasteiger charge is 2.23. The van der Waals surface area contributed by atoms with E-state index in [4.69, 9.17) is 4.74 Å². The van der Waals surface area contributed by atoms with Crippen molar-refractivity contribution in [2.75, 3.05) is 18.6 Å². The minimum Gasteiger partial charge on any atom is -0.493 e.